The summed E-state index contributed by atoms with van der Waals surface area (Å²) in [6, 6.07) is 0. The Bertz CT molecular complexity index is 410. The average Bonchev–Trinajstić information content (AvgIpc) is 2.17. The lowest BCUT2D eigenvalue weighted by atomic mass is 10.4. The summed E-state index contributed by atoms with van der Waals surface area (Å²) in [5, 5.41) is -0.466. The smallest absolute Gasteiger partial charge is 0.213 e. The highest BCUT2D eigenvalue weighted by atomic mass is 35.5. The second-order valence-corrected chi connectivity index (χ2v) is 7.82. The van der Waals surface area contributed by atoms with Crippen molar-refractivity contribution >= 4 is 31.6 Å². The number of hydrogen-bond donors (Lipinski definition) is 0. The maximum Gasteiger partial charge on any atom is 0.228 e. The highest BCUT2D eigenvalue weighted by Gasteiger charge is 2.29. The molecule has 1 saturated heterocycles. The first-order valence-electron chi connectivity index (χ1n) is 4.26. The lowest BCUT2D eigenvalue weighted by Gasteiger charge is -2.31. The molecule has 0 aromatic rings. The molecule has 0 spiro atoms. The van der Waals surface area contributed by atoms with E-state index in [9.17, 15) is 16.8 Å². The minimum absolute atomic E-state index is 0.169. The molecule has 0 aromatic heterocycles. The minimum atomic E-state index is -3.41. The van der Waals surface area contributed by atoms with Gasteiger partial charge in [-0.25, -0.2) is 16.8 Å². The van der Waals surface area contributed by atoms with Gasteiger partial charge in [0.05, 0.1) is 6.26 Å². The molecule has 0 amide bonds. The molecule has 0 radical (unpaired) electrons. The Morgan fingerprint density at radius 1 is 1.00 bits per heavy atom. The van der Waals surface area contributed by atoms with E-state index in [4.69, 9.17) is 11.6 Å². The zero-order valence-corrected chi connectivity index (χ0v) is 10.6. The minimum Gasteiger partial charge on any atom is -0.213 e. The number of alkyl halides is 1. The third-order valence-electron chi connectivity index (χ3n) is 2.20. The van der Waals surface area contributed by atoms with Crippen LogP contribution in [0.5, 0.6) is 0 Å². The van der Waals surface area contributed by atoms with E-state index in [2.05, 4.69) is 0 Å². The molecular weight excluding hydrogens is 264 g/mol. The molecule has 0 aromatic carbocycles. The fraction of sp³-hybridized carbons (Fsp3) is 1.00. The SMILES string of the molecule is CS(=O)(=O)N1CCN(S(=O)(=O)CCl)CC1. The van der Waals surface area contributed by atoms with Crippen molar-refractivity contribution in [2.75, 3.05) is 37.6 Å². The normalized spacial score (nSPS) is 21.7. The van der Waals surface area contributed by atoms with Gasteiger partial charge in [-0.1, -0.05) is 0 Å². The van der Waals surface area contributed by atoms with Gasteiger partial charge in [0.25, 0.3) is 0 Å². The predicted molar refractivity (Wildman–Crippen MR) is 57.6 cm³/mol. The molecule has 1 fully saturated rings. The van der Waals surface area contributed by atoms with Crippen LogP contribution < -0.4 is 0 Å². The number of sulfonamides is 2. The Balaban J connectivity index is 2.65. The quantitative estimate of drug-likeness (QED) is 0.626. The highest BCUT2D eigenvalue weighted by Crippen LogP contribution is 2.11. The van der Waals surface area contributed by atoms with Crippen molar-refractivity contribution in [1.82, 2.24) is 8.61 Å². The van der Waals surface area contributed by atoms with E-state index in [1.54, 1.807) is 0 Å². The zero-order chi connectivity index (χ0) is 11.7. The van der Waals surface area contributed by atoms with Crippen molar-refractivity contribution in [2.45, 2.75) is 0 Å². The van der Waals surface area contributed by atoms with Crippen LogP contribution >= 0.6 is 11.6 Å². The van der Waals surface area contributed by atoms with Crippen LogP contribution in [0.25, 0.3) is 0 Å². The standard InChI is InChI=1S/C6H13ClN2O4S2/c1-14(10,11)8-2-4-9(5-3-8)15(12,13)6-7/h2-6H2,1H3. The van der Waals surface area contributed by atoms with Crippen LogP contribution in [0.3, 0.4) is 0 Å². The Labute approximate surface area is 94.9 Å². The van der Waals surface area contributed by atoms with E-state index >= 15 is 0 Å². The van der Waals surface area contributed by atoms with Crippen molar-refractivity contribution in [3.05, 3.63) is 0 Å². The zero-order valence-electron chi connectivity index (χ0n) is 8.26. The summed E-state index contributed by atoms with van der Waals surface area (Å²) in [6.45, 7) is 0.716. The molecule has 90 valence electrons. The van der Waals surface area contributed by atoms with Crippen molar-refractivity contribution in [2.24, 2.45) is 0 Å². The summed E-state index contributed by atoms with van der Waals surface area (Å²) in [7, 11) is -6.64. The number of nitrogens with zero attached hydrogens (tertiary/aromatic N) is 2. The molecule has 1 aliphatic heterocycles. The van der Waals surface area contributed by atoms with Crippen LogP contribution in [0.2, 0.25) is 0 Å². The number of rotatable bonds is 3. The summed E-state index contributed by atoms with van der Waals surface area (Å²) in [5.74, 6) is 0. The molecule has 6 nitrogen and oxygen atoms in total. The molecule has 15 heavy (non-hydrogen) atoms. The van der Waals surface area contributed by atoms with Crippen molar-refractivity contribution in [3.63, 3.8) is 0 Å². The van der Waals surface area contributed by atoms with Crippen molar-refractivity contribution in [3.8, 4) is 0 Å². The fourth-order valence-electron chi connectivity index (χ4n) is 1.35. The highest BCUT2D eigenvalue weighted by molar-refractivity contribution is 7.90. The van der Waals surface area contributed by atoms with Crippen LogP contribution in [0.1, 0.15) is 0 Å². The maximum absolute atomic E-state index is 11.3. The van der Waals surface area contributed by atoms with Gasteiger partial charge < -0.3 is 0 Å². The molecule has 9 heteroatoms. The summed E-state index contributed by atoms with van der Waals surface area (Å²) in [4.78, 5) is 0. The van der Waals surface area contributed by atoms with Crippen molar-refractivity contribution < 1.29 is 16.8 Å². The van der Waals surface area contributed by atoms with Crippen LogP contribution in [0, 0.1) is 0 Å². The number of halogens is 1. The number of piperazine rings is 1. The van der Waals surface area contributed by atoms with Crippen molar-refractivity contribution in [1.29, 1.82) is 0 Å². The second kappa shape index (κ2) is 4.54. The van der Waals surface area contributed by atoms with Crippen LogP contribution in [0.15, 0.2) is 0 Å². The molecule has 0 aliphatic carbocycles. The van der Waals surface area contributed by atoms with E-state index in [0.717, 1.165) is 6.26 Å². The van der Waals surface area contributed by atoms with E-state index < -0.39 is 25.3 Å². The molecule has 1 heterocycles. The predicted octanol–water partition coefficient (Wildman–Crippen LogP) is -0.910. The van der Waals surface area contributed by atoms with Crippen LogP contribution in [0.4, 0.5) is 0 Å². The molecule has 1 aliphatic rings. The van der Waals surface area contributed by atoms with E-state index in [-0.39, 0.29) is 26.2 Å². The Kier molecular flexibility index (Phi) is 3.99. The topological polar surface area (TPSA) is 74.8 Å². The molecule has 0 bridgehead atoms. The van der Waals surface area contributed by atoms with Crippen LogP contribution in [-0.4, -0.2) is 63.1 Å². The van der Waals surface area contributed by atoms with Gasteiger partial charge in [0, 0.05) is 26.2 Å². The molecule has 1 rings (SSSR count). The van der Waals surface area contributed by atoms with Gasteiger partial charge in [-0.3, -0.25) is 0 Å². The summed E-state index contributed by atoms with van der Waals surface area (Å²) >= 11 is 5.29. The first kappa shape index (κ1) is 13.2. The molecule has 0 atom stereocenters. The number of hydrogen-bond acceptors (Lipinski definition) is 4. The average molecular weight is 277 g/mol. The molecule has 0 saturated carbocycles. The maximum atomic E-state index is 11.3. The summed E-state index contributed by atoms with van der Waals surface area (Å²) < 4.78 is 47.4. The summed E-state index contributed by atoms with van der Waals surface area (Å²) in [5.41, 5.74) is 0. The second-order valence-electron chi connectivity index (χ2n) is 3.28. The molecule has 0 N–H and O–H groups in total. The third-order valence-corrected chi connectivity index (χ3v) is 5.76. The third kappa shape index (κ3) is 3.28. The first-order chi connectivity index (χ1) is 6.77. The lowest BCUT2D eigenvalue weighted by Crippen LogP contribution is -2.50. The summed E-state index contributed by atoms with van der Waals surface area (Å²) in [6.07, 6.45) is 1.11. The largest absolute Gasteiger partial charge is 0.228 e. The fourth-order valence-corrected chi connectivity index (χ4v) is 3.45. The monoisotopic (exact) mass is 276 g/mol. The van der Waals surface area contributed by atoms with Gasteiger partial charge >= 0.3 is 0 Å². The van der Waals surface area contributed by atoms with Gasteiger partial charge in [-0.2, -0.15) is 8.61 Å². The Morgan fingerprint density at radius 2 is 1.40 bits per heavy atom. The van der Waals surface area contributed by atoms with E-state index in [0.29, 0.717) is 0 Å². The van der Waals surface area contributed by atoms with Gasteiger partial charge in [0.1, 0.15) is 5.21 Å². The van der Waals surface area contributed by atoms with E-state index in [1.807, 2.05) is 0 Å². The van der Waals surface area contributed by atoms with Gasteiger partial charge in [-0.05, 0) is 0 Å². The Hall–Kier alpha value is 0.110. The van der Waals surface area contributed by atoms with Gasteiger partial charge in [0.15, 0.2) is 0 Å². The van der Waals surface area contributed by atoms with Crippen LogP contribution in [-0.2, 0) is 20.0 Å². The van der Waals surface area contributed by atoms with E-state index in [1.165, 1.54) is 8.61 Å². The molecule has 0 unspecified atom stereocenters. The molecular formula is C6H13ClN2O4S2. The van der Waals surface area contributed by atoms with Gasteiger partial charge in [-0.15, -0.1) is 11.6 Å². The lowest BCUT2D eigenvalue weighted by molar-refractivity contribution is 0.275. The Morgan fingerprint density at radius 3 is 1.73 bits per heavy atom. The van der Waals surface area contributed by atoms with Gasteiger partial charge in [0.2, 0.25) is 20.0 Å². The first-order valence-corrected chi connectivity index (χ1v) is 8.25.